The van der Waals surface area contributed by atoms with E-state index in [1.807, 2.05) is 0 Å². The zero-order chi connectivity index (χ0) is 20.3. The molecule has 0 saturated heterocycles. The van der Waals surface area contributed by atoms with Gasteiger partial charge in [0.05, 0.1) is 21.3 Å². The fourth-order valence-corrected chi connectivity index (χ4v) is 2.56. The van der Waals surface area contributed by atoms with Crippen LogP contribution in [-0.4, -0.2) is 33.5 Å². The normalized spacial score (nSPS) is 14.0. The molecule has 0 aromatic heterocycles. The number of anilines is 1. The number of nitrogens with one attached hydrogen (secondary N) is 1. The lowest BCUT2D eigenvalue weighted by atomic mass is 10.1. The van der Waals surface area contributed by atoms with Crippen molar-refractivity contribution in [3.05, 3.63) is 42.0 Å². The summed E-state index contributed by atoms with van der Waals surface area (Å²) in [4.78, 5) is 12.2. The Morgan fingerprint density at radius 2 is 1.61 bits per heavy atom. The first kappa shape index (κ1) is 19.3. The summed E-state index contributed by atoms with van der Waals surface area (Å²) in [7, 11) is 4.48. The zero-order valence-electron chi connectivity index (χ0n) is 15.2. The Morgan fingerprint density at radius 3 is 2.29 bits per heavy atom. The van der Waals surface area contributed by atoms with E-state index in [4.69, 9.17) is 14.2 Å². The molecule has 0 bridgehead atoms. The van der Waals surface area contributed by atoms with E-state index < -0.39 is 12.2 Å². The molecule has 0 atom stereocenters. The molecule has 9 heteroatoms. The second-order valence-electron chi connectivity index (χ2n) is 5.60. The molecule has 1 aliphatic rings. The number of halogens is 2. The van der Waals surface area contributed by atoms with E-state index in [2.05, 4.69) is 14.8 Å². The lowest BCUT2D eigenvalue weighted by Crippen LogP contribution is -2.25. The van der Waals surface area contributed by atoms with Gasteiger partial charge in [-0.3, -0.25) is 4.79 Å². The van der Waals surface area contributed by atoms with Gasteiger partial charge in [0.15, 0.2) is 23.0 Å². The highest BCUT2D eigenvalue weighted by Crippen LogP contribution is 2.42. The minimum absolute atomic E-state index is 0.103. The Balaban J connectivity index is 1.74. The maximum absolute atomic E-state index is 13.1. The zero-order valence-corrected chi connectivity index (χ0v) is 15.2. The molecular weight excluding hydrogens is 376 g/mol. The molecule has 0 spiro atoms. The van der Waals surface area contributed by atoms with Gasteiger partial charge in [0.25, 0.3) is 0 Å². The lowest BCUT2D eigenvalue weighted by Gasteiger charge is -2.12. The number of hydrogen-bond acceptors (Lipinski definition) is 6. The third-order valence-corrected chi connectivity index (χ3v) is 3.82. The van der Waals surface area contributed by atoms with Crippen LogP contribution in [0.3, 0.4) is 0 Å². The number of fused-ring (bicyclic) bond motifs is 1. The number of benzene rings is 2. The predicted octanol–water partition coefficient (Wildman–Crippen LogP) is 3.69. The first-order valence-electron chi connectivity index (χ1n) is 8.04. The molecule has 2 aromatic carbocycles. The number of carbonyl (C=O) groups excluding carboxylic acids is 1. The summed E-state index contributed by atoms with van der Waals surface area (Å²) in [5, 5.41) is 2.55. The van der Waals surface area contributed by atoms with Gasteiger partial charge in [-0.25, -0.2) is 0 Å². The summed E-state index contributed by atoms with van der Waals surface area (Å²) < 4.78 is 50.5. The van der Waals surface area contributed by atoms with Crippen molar-refractivity contribution in [2.24, 2.45) is 0 Å². The van der Waals surface area contributed by atoms with Crippen molar-refractivity contribution in [2.45, 2.75) is 6.29 Å². The second-order valence-corrected chi connectivity index (χ2v) is 5.60. The van der Waals surface area contributed by atoms with Crippen LogP contribution >= 0.6 is 0 Å². The molecule has 0 fully saturated rings. The van der Waals surface area contributed by atoms with Crippen molar-refractivity contribution in [3.8, 4) is 28.7 Å². The number of amides is 1. The van der Waals surface area contributed by atoms with Crippen LogP contribution in [-0.2, 0) is 4.79 Å². The summed E-state index contributed by atoms with van der Waals surface area (Å²) in [5.74, 6) is 0.689. The molecule has 0 radical (unpaired) electrons. The number of ether oxygens (including phenoxy) is 5. The number of carbonyl (C=O) groups is 1. The maximum atomic E-state index is 13.1. The average molecular weight is 393 g/mol. The van der Waals surface area contributed by atoms with Gasteiger partial charge in [0.1, 0.15) is 5.75 Å². The van der Waals surface area contributed by atoms with Gasteiger partial charge in [-0.05, 0) is 24.3 Å². The van der Waals surface area contributed by atoms with E-state index in [0.29, 0.717) is 22.8 Å². The molecule has 1 heterocycles. The van der Waals surface area contributed by atoms with Crippen molar-refractivity contribution in [1.29, 1.82) is 0 Å². The monoisotopic (exact) mass is 393 g/mol. The molecule has 28 heavy (non-hydrogen) atoms. The SMILES string of the molecule is COc1cc(OC)c(OC)cc1/C=C/C(=O)Nc1ccc2c(c1)OC(F)(F)O2. The van der Waals surface area contributed by atoms with Gasteiger partial charge in [-0.15, -0.1) is 8.78 Å². The minimum atomic E-state index is -3.71. The van der Waals surface area contributed by atoms with Crippen molar-refractivity contribution < 1.29 is 37.3 Å². The van der Waals surface area contributed by atoms with Crippen molar-refractivity contribution in [3.63, 3.8) is 0 Å². The second kappa shape index (κ2) is 7.63. The van der Waals surface area contributed by atoms with Crippen molar-refractivity contribution >= 4 is 17.7 Å². The van der Waals surface area contributed by atoms with Crippen LogP contribution in [0.2, 0.25) is 0 Å². The number of methoxy groups -OCH3 is 3. The van der Waals surface area contributed by atoms with Gasteiger partial charge in [0, 0.05) is 29.5 Å². The largest absolute Gasteiger partial charge is 0.586 e. The van der Waals surface area contributed by atoms with E-state index >= 15 is 0 Å². The molecule has 0 saturated carbocycles. The van der Waals surface area contributed by atoms with Crippen LogP contribution in [0.1, 0.15) is 5.56 Å². The smallest absolute Gasteiger partial charge is 0.496 e. The summed E-state index contributed by atoms with van der Waals surface area (Å²) >= 11 is 0. The van der Waals surface area contributed by atoms with Crippen LogP contribution in [0.4, 0.5) is 14.5 Å². The highest BCUT2D eigenvalue weighted by atomic mass is 19.3. The molecule has 1 amide bonds. The van der Waals surface area contributed by atoms with Crippen LogP contribution < -0.4 is 29.0 Å². The highest BCUT2D eigenvalue weighted by Gasteiger charge is 2.43. The van der Waals surface area contributed by atoms with E-state index in [1.54, 1.807) is 12.1 Å². The number of alkyl halides is 2. The maximum Gasteiger partial charge on any atom is 0.586 e. The Labute approximate surface area is 159 Å². The summed E-state index contributed by atoms with van der Waals surface area (Å²) in [6, 6.07) is 7.25. The summed E-state index contributed by atoms with van der Waals surface area (Å²) in [5.41, 5.74) is 0.856. The van der Waals surface area contributed by atoms with Crippen LogP contribution in [0.5, 0.6) is 28.7 Å². The van der Waals surface area contributed by atoms with E-state index in [1.165, 1.54) is 51.7 Å². The Kier molecular flexibility index (Phi) is 5.25. The van der Waals surface area contributed by atoms with Crippen molar-refractivity contribution in [2.75, 3.05) is 26.6 Å². The molecule has 7 nitrogen and oxygen atoms in total. The standard InChI is InChI=1S/C19H17F2NO6/c1-24-14-10-16(26-3)15(25-2)8-11(14)4-7-18(23)22-12-5-6-13-17(9-12)28-19(20,21)27-13/h4-10H,1-3H3,(H,22,23)/b7-4+. The van der Waals surface area contributed by atoms with Crippen LogP contribution in [0.25, 0.3) is 6.08 Å². The molecule has 148 valence electrons. The highest BCUT2D eigenvalue weighted by molar-refractivity contribution is 6.02. The first-order valence-corrected chi connectivity index (χ1v) is 8.04. The Morgan fingerprint density at radius 1 is 0.964 bits per heavy atom. The van der Waals surface area contributed by atoms with E-state index in [0.717, 1.165) is 0 Å². The fourth-order valence-electron chi connectivity index (χ4n) is 2.56. The minimum Gasteiger partial charge on any atom is -0.496 e. The predicted molar refractivity (Wildman–Crippen MR) is 96.4 cm³/mol. The van der Waals surface area contributed by atoms with Crippen molar-refractivity contribution in [1.82, 2.24) is 0 Å². The van der Waals surface area contributed by atoms with E-state index in [9.17, 15) is 13.6 Å². The molecular formula is C19H17F2NO6. The Bertz CT molecular complexity index is 929. The van der Waals surface area contributed by atoms with Gasteiger partial charge >= 0.3 is 6.29 Å². The topological polar surface area (TPSA) is 75.3 Å². The van der Waals surface area contributed by atoms with E-state index in [-0.39, 0.29) is 17.2 Å². The first-order chi connectivity index (χ1) is 13.3. The van der Waals surface area contributed by atoms with Crippen LogP contribution in [0.15, 0.2) is 36.4 Å². The number of hydrogen-bond donors (Lipinski definition) is 1. The number of rotatable bonds is 6. The fraction of sp³-hybridized carbons (Fsp3) is 0.211. The molecule has 0 unspecified atom stereocenters. The van der Waals surface area contributed by atoms with Crippen LogP contribution in [0, 0.1) is 0 Å². The van der Waals surface area contributed by atoms with Gasteiger partial charge in [0.2, 0.25) is 5.91 Å². The lowest BCUT2D eigenvalue weighted by molar-refractivity contribution is -0.286. The van der Waals surface area contributed by atoms with Gasteiger partial charge in [-0.1, -0.05) is 0 Å². The summed E-state index contributed by atoms with van der Waals surface area (Å²) in [6.07, 6.45) is -0.922. The molecule has 2 aromatic rings. The Hall–Kier alpha value is -3.49. The third-order valence-electron chi connectivity index (χ3n) is 3.82. The van der Waals surface area contributed by atoms with Gasteiger partial charge < -0.3 is 29.0 Å². The third kappa shape index (κ3) is 4.08. The summed E-state index contributed by atoms with van der Waals surface area (Å²) in [6.45, 7) is 0. The molecule has 3 rings (SSSR count). The van der Waals surface area contributed by atoms with Gasteiger partial charge in [-0.2, -0.15) is 0 Å². The quantitative estimate of drug-likeness (QED) is 0.755. The molecule has 0 aliphatic carbocycles. The molecule has 1 N–H and O–H groups in total. The molecule has 1 aliphatic heterocycles. The average Bonchev–Trinajstić information content (AvgIpc) is 2.98.